The molecular formula is C14H20F2N6. The number of likely N-dealkylation sites (N-methyl/N-ethyl adjacent to an activating group) is 1. The van der Waals surface area contributed by atoms with Gasteiger partial charge in [0.05, 0.1) is 5.69 Å². The maximum Gasteiger partial charge on any atom is 0.223 e. The summed E-state index contributed by atoms with van der Waals surface area (Å²) < 4.78 is 26.5. The van der Waals surface area contributed by atoms with E-state index in [4.69, 9.17) is 11.5 Å². The number of guanidine groups is 2. The van der Waals surface area contributed by atoms with Crippen LogP contribution in [0.5, 0.6) is 0 Å². The van der Waals surface area contributed by atoms with Crippen LogP contribution in [0.2, 0.25) is 0 Å². The third-order valence-electron chi connectivity index (χ3n) is 3.49. The summed E-state index contributed by atoms with van der Waals surface area (Å²) in [4.78, 5) is 12.1. The Hall–Kier alpha value is -2.22. The molecule has 1 aliphatic heterocycles. The largest absolute Gasteiger partial charge is 0.369 e. The number of aryl methyl sites for hydroxylation is 1. The summed E-state index contributed by atoms with van der Waals surface area (Å²) in [6.45, 7) is 4.73. The fraction of sp³-hybridized carbons (Fsp3) is 0.429. The predicted octanol–water partition coefficient (Wildman–Crippen LogP) is 0.782. The Morgan fingerprint density at radius 2 is 1.77 bits per heavy atom. The van der Waals surface area contributed by atoms with Crippen molar-refractivity contribution in [2.24, 2.45) is 21.5 Å². The van der Waals surface area contributed by atoms with Gasteiger partial charge in [0, 0.05) is 32.2 Å². The van der Waals surface area contributed by atoms with Crippen LogP contribution >= 0.6 is 0 Å². The van der Waals surface area contributed by atoms with Gasteiger partial charge >= 0.3 is 0 Å². The third-order valence-corrected chi connectivity index (χ3v) is 3.49. The van der Waals surface area contributed by atoms with Crippen LogP contribution in [-0.2, 0) is 0 Å². The molecular weight excluding hydrogens is 290 g/mol. The quantitative estimate of drug-likeness (QED) is 0.593. The first-order chi connectivity index (χ1) is 10.4. The molecule has 0 spiro atoms. The number of piperazine rings is 1. The van der Waals surface area contributed by atoms with Gasteiger partial charge in [-0.3, -0.25) is 0 Å². The summed E-state index contributed by atoms with van der Waals surface area (Å²) in [6, 6.07) is 2.36. The van der Waals surface area contributed by atoms with Gasteiger partial charge in [-0.25, -0.2) is 13.8 Å². The molecule has 6 nitrogen and oxygen atoms in total. The van der Waals surface area contributed by atoms with E-state index < -0.39 is 11.6 Å². The number of aliphatic imine (C=N–C) groups is 2. The summed E-state index contributed by atoms with van der Waals surface area (Å²) in [5.74, 6) is -1.68. The Kier molecular flexibility index (Phi) is 4.92. The highest BCUT2D eigenvalue weighted by Crippen LogP contribution is 2.20. The molecule has 1 saturated heterocycles. The van der Waals surface area contributed by atoms with E-state index in [9.17, 15) is 8.78 Å². The molecule has 0 atom stereocenters. The first-order valence-electron chi connectivity index (χ1n) is 6.94. The summed E-state index contributed by atoms with van der Waals surface area (Å²) in [5.41, 5.74) is 12.0. The number of nitrogens with zero attached hydrogens (tertiary/aromatic N) is 4. The van der Waals surface area contributed by atoms with E-state index in [0.29, 0.717) is 0 Å². The molecule has 8 heteroatoms. The van der Waals surface area contributed by atoms with Gasteiger partial charge in [-0.15, -0.1) is 0 Å². The Morgan fingerprint density at radius 1 is 1.14 bits per heavy atom. The Labute approximate surface area is 128 Å². The van der Waals surface area contributed by atoms with Crippen molar-refractivity contribution in [2.45, 2.75) is 6.92 Å². The van der Waals surface area contributed by atoms with Gasteiger partial charge in [0.1, 0.15) is 0 Å². The second-order valence-electron chi connectivity index (χ2n) is 5.29. The second kappa shape index (κ2) is 6.69. The lowest BCUT2D eigenvalue weighted by molar-refractivity contribution is 0.214. The molecule has 1 aliphatic rings. The zero-order valence-corrected chi connectivity index (χ0v) is 12.7. The van der Waals surface area contributed by atoms with Crippen LogP contribution in [0.25, 0.3) is 0 Å². The van der Waals surface area contributed by atoms with E-state index in [2.05, 4.69) is 14.9 Å². The fourth-order valence-corrected chi connectivity index (χ4v) is 2.15. The molecule has 0 aromatic heterocycles. The van der Waals surface area contributed by atoms with Gasteiger partial charge < -0.3 is 21.3 Å². The zero-order valence-electron chi connectivity index (χ0n) is 12.7. The number of hydrogen-bond acceptors (Lipinski definition) is 2. The van der Waals surface area contributed by atoms with Crippen molar-refractivity contribution in [1.29, 1.82) is 0 Å². The van der Waals surface area contributed by atoms with Crippen LogP contribution in [-0.4, -0.2) is 54.9 Å². The Bertz CT molecular complexity index is 582. The average Bonchev–Trinajstić information content (AvgIpc) is 2.45. The highest BCUT2D eigenvalue weighted by molar-refractivity contribution is 5.94. The molecule has 1 aromatic carbocycles. The van der Waals surface area contributed by atoms with Gasteiger partial charge in [0.15, 0.2) is 17.6 Å². The molecule has 0 radical (unpaired) electrons. The highest BCUT2D eigenvalue weighted by Gasteiger charge is 2.15. The minimum Gasteiger partial charge on any atom is -0.369 e. The normalized spacial score (nSPS) is 17.9. The van der Waals surface area contributed by atoms with Crippen LogP contribution in [0.15, 0.2) is 22.1 Å². The molecule has 1 aromatic rings. The number of nitrogens with two attached hydrogens (primary N) is 2. The molecule has 0 unspecified atom stereocenters. The standard InChI is InChI=1S/C14H20F2N6/c1-9-7-10(8-11(15)12(9)16)19-13(17)20-14(18)22-5-3-21(2)4-6-22/h7-8H,3-6H2,1-2H3,(H4,17,18,19,20). The fourth-order valence-electron chi connectivity index (χ4n) is 2.15. The molecule has 0 aliphatic carbocycles. The number of benzene rings is 1. The molecule has 22 heavy (non-hydrogen) atoms. The molecule has 0 bridgehead atoms. The van der Waals surface area contributed by atoms with Gasteiger partial charge in [0.25, 0.3) is 0 Å². The highest BCUT2D eigenvalue weighted by atomic mass is 19.2. The zero-order chi connectivity index (χ0) is 16.3. The van der Waals surface area contributed by atoms with Crippen molar-refractivity contribution >= 4 is 17.6 Å². The average molecular weight is 310 g/mol. The van der Waals surface area contributed by atoms with Crippen LogP contribution in [0.1, 0.15) is 5.56 Å². The van der Waals surface area contributed by atoms with Crippen LogP contribution in [0, 0.1) is 18.6 Å². The van der Waals surface area contributed by atoms with Crippen LogP contribution in [0.4, 0.5) is 14.5 Å². The molecule has 1 fully saturated rings. The summed E-state index contributed by atoms with van der Waals surface area (Å²) in [6.07, 6.45) is 0. The smallest absolute Gasteiger partial charge is 0.223 e. The van der Waals surface area contributed by atoms with Crippen molar-refractivity contribution in [3.05, 3.63) is 29.3 Å². The Morgan fingerprint density at radius 3 is 2.36 bits per heavy atom. The summed E-state index contributed by atoms with van der Waals surface area (Å²) in [5, 5.41) is 0. The number of halogens is 2. The summed E-state index contributed by atoms with van der Waals surface area (Å²) in [7, 11) is 2.03. The first-order valence-corrected chi connectivity index (χ1v) is 6.94. The van der Waals surface area contributed by atoms with Gasteiger partial charge in [0.2, 0.25) is 5.96 Å². The molecule has 1 heterocycles. The van der Waals surface area contributed by atoms with Crippen LogP contribution in [0.3, 0.4) is 0 Å². The van der Waals surface area contributed by atoms with E-state index in [-0.39, 0.29) is 23.2 Å². The van der Waals surface area contributed by atoms with E-state index in [1.165, 1.54) is 13.0 Å². The van der Waals surface area contributed by atoms with E-state index >= 15 is 0 Å². The monoisotopic (exact) mass is 310 g/mol. The molecule has 4 N–H and O–H groups in total. The lowest BCUT2D eigenvalue weighted by Crippen LogP contribution is -2.50. The lowest BCUT2D eigenvalue weighted by atomic mass is 10.2. The van der Waals surface area contributed by atoms with E-state index in [1.807, 2.05) is 11.9 Å². The van der Waals surface area contributed by atoms with Crippen molar-refractivity contribution in [1.82, 2.24) is 9.80 Å². The van der Waals surface area contributed by atoms with Crippen LogP contribution < -0.4 is 11.5 Å². The van der Waals surface area contributed by atoms with Crippen molar-refractivity contribution in [3.63, 3.8) is 0 Å². The predicted molar refractivity (Wildman–Crippen MR) is 83.1 cm³/mol. The maximum atomic E-state index is 13.3. The second-order valence-corrected chi connectivity index (χ2v) is 5.29. The number of rotatable bonds is 1. The van der Waals surface area contributed by atoms with Gasteiger partial charge in [-0.05, 0) is 25.6 Å². The van der Waals surface area contributed by atoms with E-state index in [1.54, 1.807) is 0 Å². The molecule has 0 amide bonds. The minimum absolute atomic E-state index is 0.0955. The van der Waals surface area contributed by atoms with Crippen molar-refractivity contribution in [2.75, 3.05) is 33.2 Å². The lowest BCUT2D eigenvalue weighted by Gasteiger charge is -2.32. The number of hydrogen-bond donors (Lipinski definition) is 2. The van der Waals surface area contributed by atoms with E-state index in [0.717, 1.165) is 32.2 Å². The summed E-state index contributed by atoms with van der Waals surface area (Å²) >= 11 is 0. The van der Waals surface area contributed by atoms with Gasteiger partial charge in [-0.2, -0.15) is 4.99 Å². The molecule has 0 saturated carbocycles. The maximum absolute atomic E-state index is 13.3. The minimum atomic E-state index is -0.970. The molecule has 2 rings (SSSR count). The Balaban J connectivity index is 2.13. The van der Waals surface area contributed by atoms with Crippen molar-refractivity contribution < 1.29 is 8.78 Å². The molecule has 120 valence electrons. The third kappa shape index (κ3) is 3.91. The first kappa shape index (κ1) is 16.2. The van der Waals surface area contributed by atoms with Crippen molar-refractivity contribution in [3.8, 4) is 0 Å². The SMILES string of the molecule is Cc1cc(N=C(N)N=C(N)N2CCN(C)CC2)cc(F)c1F. The van der Waals surface area contributed by atoms with Gasteiger partial charge in [-0.1, -0.05) is 0 Å². The topological polar surface area (TPSA) is 83.2 Å².